The number of carbonyl (C=O) groups is 1. The molecular formula is C22H25N7O3S. The van der Waals surface area contributed by atoms with E-state index in [0.29, 0.717) is 37.2 Å². The van der Waals surface area contributed by atoms with Gasteiger partial charge >= 0.3 is 0 Å². The Hall–Kier alpha value is -3.44. The minimum atomic E-state index is -0.102. The maximum absolute atomic E-state index is 12.1. The molecule has 0 atom stereocenters. The van der Waals surface area contributed by atoms with Crippen molar-refractivity contribution in [3.63, 3.8) is 0 Å². The highest BCUT2D eigenvalue weighted by Gasteiger charge is 2.21. The van der Waals surface area contributed by atoms with Gasteiger partial charge in [-0.25, -0.2) is 4.98 Å². The lowest BCUT2D eigenvalue weighted by Gasteiger charge is -2.23. The molecule has 0 unspecified atom stereocenters. The molecule has 1 fully saturated rings. The number of aryl methyl sites for hydroxylation is 1. The van der Waals surface area contributed by atoms with Gasteiger partial charge in [0.15, 0.2) is 0 Å². The van der Waals surface area contributed by atoms with Gasteiger partial charge in [-0.3, -0.25) is 9.48 Å². The summed E-state index contributed by atoms with van der Waals surface area (Å²) in [6.07, 6.45) is 7.30. The molecule has 1 aliphatic heterocycles. The number of anilines is 2. The van der Waals surface area contributed by atoms with E-state index in [1.165, 1.54) is 11.3 Å². The first-order valence-corrected chi connectivity index (χ1v) is 11.7. The molecule has 0 saturated carbocycles. The first-order chi connectivity index (χ1) is 16.1. The van der Waals surface area contributed by atoms with Crippen LogP contribution >= 0.6 is 11.3 Å². The molecule has 2 N–H and O–H groups in total. The molecule has 4 aromatic heterocycles. The Bertz CT molecular complexity index is 1270. The second-order valence-electron chi connectivity index (χ2n) is 7.76. The molecule has 0 aromatic carbocycles. The number of fused-ring (bicyclic) bond motifs is 1. The summed E-state index contributed by atoms with van der Waals surface area (Å²) in [4.78, 5) is 21.5. The Balaban J connectivity index is 1.50. The molecule has 33 heavy (non-hydrogen) atoms. The molecule has 0 bridgehead atoms. The highest BCUT2D eigenvalue weighted by Crippen LogP contribution is 2.31. The number of nitrogens with one attached hydrogen (secondary N) is 2. The van der Waals surface area contributed by atoms with Gasteiger partial charge in [0.1, 0.15) is 11.6 Å². The van der Waals surface area contributed by atoms with E-state index >= 15 is 0 Å². The van der Waals surface area contributed by atoms with Crippen molar-refractivity contribution in [3.8, 4) is 11.6 Å². The van der Waals surface area contributed by atoms with E-state index in [4.69, 9.17) is 19.4 Å². The normalized spacial score (nSPS) is 14.5. The third-order valence-corrected chi connectivity index (χ3v) is 6.20. The molecule has 5 rings (SSSR count). The highest BCUT2D eigenvalue weighted by molar-refractivity contribution is 7.14. The standard InChI is InChI=1S/C22H25N7O3S/c1-3-23-20(30)14-10-18(33-13-14)26-22-25-17-4-7-29(15-11-24-28(2)12-15)19(17)21(27-22)32-16-5-8-31-9-6-16/h4,7,10-13,16H,3,5-6,8-9H2,1-2H3,(H,23,30)(H,25,26,27). The van der Waals surface area contributed by atoms with Crippen molar-refractivity contribution in [3.05, 3.63) is 41.7 Å². The van der Waals surface area contributed by atoms with Crippen molar-refractivity contribution in [2.45, 2.75) is 25.9 Å². The van der Waals surface area contributed by atoms with Crippen LogP contribution in [0.2, 0.25) is 0 Å². The Kier molecular flexibility index (Phi) is 5.97. The van der Waals surface area contributed by atoms with Crippen LogP contribution in [-0.2, 0) is 11.8 Å². The fraction of sp³-hybridized carbons (Fsp3) is 0.364. The maximum Gasteiger partial charge on any atom is 0.252 e. The maximum atomic E-state index is 12.1. The molecule has 4 aromatic rings. The number of ether oxygens (including phenoxy) is 2. The lowest BCUT2D eigenvalue weighted by molar-refractivity contribution is 0.0243. The van der Waals surface area contributed by atoms with Crippen LogP contribution in [-0.4, -0.2) is 56.1 Å². The van der Waals surface area contributed by atoms with Crippen LogP contribution in [0.3, 0.4) is 0 Å². The minimum absolute atomic E-state index is 0.0213. The fourth-order valence-electron chi connectivity index (χ4n) is 3.74. The molecule has 0 aliphatic carbocycles. The largest absolute Gasteiger partial charge is 0.473 e. The first kappa shape index (κ1) is 21.4. The summed E-state index contributed by atoms with van der Waals surface area (Å²) >= 11 is 1.42. The molecule has 1 amide bonds. The summed E-state index contributed by atoms with van der Waals surface area (Å²) in [5.41, 5.74) is 3.04. The lowest BCUT2D eigenvalue weighted by Crippen LogP contribution is -2.26. The summed E-state index contributed by atoms with van der Waals surface area (Å²) < 4.78 is 15.6. The number of nitrogens with zero attached hydrogens (tertiary/aromatic N) is 5. The van der Waals surface area contributed by atoms with Crippen LogP contribution in [0.1, 0.15) is 30.1 Å². The number of thiophene rings is 1. The molecular weight excluding hydrogens is 442 g/mol. The van der Waals surface area contributed by atoms with Crippen molar-refractivity contribution >= 4 is 39.2 Å². The van der Waals surface area contributed by atoms with E-state index in [-0.39, 0.29) is 12.0 Å². The van der Waals surface area contributed by atoms with Crippen molar-refractivity contribution in [1.82, 2.24) is 29.6 Å². The Morgan fingerprint density at radius 1 is 1.33 bits per heavy atom. The molecule has 0 spiro atoms. The second kappa shape index (κ2) is 9.20. The smallest absolute Gasteiger partial charge is 0.252 e. The van der Waals surface area contributed by atoms with Crippen molar-refractivity contribution in [1.29, 1.82) is 0 Å². The highest BCUT2D eigenvalue weighted by atomic mass is 32.1. The van der Waals surface area contributed by atoms with Gasteiger partial charge in [-0.15, -0.1) is 11.3 Å². The number of hydrogen-bond acceptors (Lipinski definition) is 8. The summed E-state index contributed by atoms with van der Waals surface area (Å²) in [6, 6.07) is 3.73. The molecule has 5 heterocycles. The van der Waals surface area contributed by atoms with Gasteiger partial charge in [-0.05, 0) is 19.1 Å². The van der Waals surface area contributed by atoms with E-state index in [1.807, 2.05) is 42.4 Å². The van der Waals surface area contributed by atoms with E-state index in [9.17, 15) is 4.79 Å². The third kappa shape index (κ3) is 4.55. The van der Waals surface area contributed by atoms with E-state index in [0.717, 1.165) is 34.6 Å². The van der Waals surface area contributed by atoms with Gasteiger partial charge in [0.25, 0.3) is 5.91 Å². The topological polar surface area (TPSA) is 108 Å². The summed E-state index contributed by atoms with van der Waals surface area (Å²) in [7, 11) is 1.88. The minimum Gasteiger partial charge on any atom is -0.473 e. The van der Waals surface area contributed by atoms with Crippen LogP contribution in [0, 0.1) is 0 Å². The fourth-order valence-corrected chi connectivity index (χ4v) is 4.52. The van der Waals surface area contributed by atoms with Crippen LogP contribution < -0.4 is 15.4 Å². The summed E-state index contributed by atoms with van der Waals surface area (Å²) in [5.74, 6) is 0.816. The van der Waals surface area contributed by atoms with Gasteiger partial charge in [-0.2, -0.15) is 10.1 Å². The van der Waals surface area contributed by atoms with E-state index in [1.54, 1.807) is 16.9 Å². The SMILES string of the molecule is CCNC(=O)c1csc(Nc2nc(OC3CCOCC3)c3c(ccn3-c3cnn(C)c3)n2)c1. The van der Waals surface area contributed by atoms with Crippen LogP contribution in [0.5, 0.6) is 5.88 Å². The van der Waals surface area contributed by atoms with Crippen LogP contribution in [0.4, 0.5) is 10.9 Å². The third-order valence-electron chi connectivity index (χ3n) is 5.35. The zero-order chi connectivity index (χ0) is 22.8. The number of aromatic nitrogens is 5. The molecule has 10 nitrogen and oxygen atoms in total. The molecule has 1 aliphatic rings. The van der Waals surface area contributed by atoms with Gasteiger partial charge in [0.05, 0.1) is 41.2 Å². The van der Waals surface area contributed by atoms with Crippen LogP contribution in [0.15, 0.2) is 36.1 Å². The number of hydrogen-bond donors (Lipinski definition) is 2. The zero-order valence-electron chi connectivity index (χ0n) is 18.4. The van der Waals surface area contributed by atoms with Gasteiger partial charge in [0, 0.05) is 44.2 Å². The number of rotatable bonds is 7. The molecule has 11 heteroatoms. The Labute approximate surface area is 194 Å². The number of amides is 1. The first-order valence-electron chi connectivity index (χ1n) is 10.9. The number of carbonyl (C=O) groups excluding carboxylic acids is 1. The molecule has 172 valence electrons. The Morgan fingerprint density at radius 2 is 2.18 bits per heavy atom. The predicted molar refractivity (Wildman–Crippen MR) is 126 cm³/mol. The summed E-state index contributed by atoms with van der Waals surface area (Å²) in [6.45, 7) is 3.82. The second-order valence-corrected chi connectivity index (χ2v) is 8.67. The van der Waals surface area contributed by atoms with Crippen molar-refractivity contribution < 1.29 is 14.3 Å². The Morgan fingerprint density at radius 3 is 2.94 bits per heavy atom. The van der Waals surface area contributed by atoms with Crippen LogP contribution in [0.25, 0.3) is 16.7 Å². The van der Waals surface area contributed by atoms with E-state index in [2.05, 4.69) is 15.7 Å². The lowest BCUT2D eigenvalue weighted by atomic mass is 10.1. The average Bonchev–Trinajstić information content (AvgIpc) is 3.54. The van der Waals surface area contributed by atoms with Gasteiger partial charge < -0.3 is 24.7 Å². The summed E-state index contributed by atoms with van der Waals surface area (Å²) in [5, 5.41) is 12.9. The average molecular weight is 468 g/mol. The monoisotopic (exact) mass is 467 g/mol. The molecule has 0 radical (unpaired) electrons. The van der Waals surface area contributed by atoms with Gasteiger partial charge in [-0.1, -0.05) is 0 Å². The van der Waals surface area contributed by atoms with Crippen molar-refractivity contribution in [2.24, 2.45) is 7.05 Å². The quantitative estimate of drug-likeness (QED) is 0.429. The van der Waals surface area contributed by atoms with E-state index < -0.39 is 0 Å². The molecule has 1 saturated heterocycles. The van der Waals surface area contributed by atoms with Crippen molar-refractivity contribution in [2.75, 3.05) is 25.1 Å². The zero-order valence-corrected chi connectivity index (χ0v) is 19.3. The van der Waals surface area contributed by atoms with Gasteiger partial charge in [0.2, 0.25) is 11.8 Å². The predicted octanol–water partition coefficient (Wildman–Crippen LogP) is 3.27.